The number of fused-ring (bicyclic) bond motifs is 1. The Balaban J connectivity index is 1.22. The minimum Gasteiger partial charge on any atom is -0.480 e. The number of aliphatic carboxylic acids is 1. The van der Waals surface area contributed by atoms with Gasteiger partial charge in [0.05, 0.1) is 29.0 Å². The van der Waals surface area contributed by atoms with E-state index in [2.05, 4.69) is 32.1 Å². The second kappa shape index (κ2) is 10.1. The lowest BCUT2D eigenvalue weighted by Crippen LogP contribution is -2.35. The van der Waals surface area contributed by atoms with Gasteiger partial charge in [-0.1, -0.05) is 29.1 Å². The summed E-state index contributed by atoms with van der Waals surface area (Å²) in [4.78, 5) is 30.1. The van der Waals surface area contributed by atoms with Gasteiger partial charge in [0.2, 0.25) is 5.91 Å². The number of carboxylic acid groups (broad SMARTS) is 1. The van der Waals surface area contributed by atoms with Gasteiger partial charge < -0.3 is 15.0 Å². The smallest absolute Gasteiger partial charge is 0.320 e. The Morgan fingerprint density at radius 1 is 1.31 bits per heavy atom. The third-order valence-corrected chi connectivity index (χ3v) is 6.51. The maximum Gasteiger partial charge on any atom is 0.320 e. The molecule has 1 aliphatic rings. The summed E-state index contributed by atoms with van der Waals surface area (Å²) in [6.45, 7) is 5.02. The average molecular weight is 458 g/mol. The Morgan fingerprint density at radius 2 is 2.16 bits per heavy atom. The van der Waals surface area contributed by atoms with Crippen LogP contribution in [0.2, 0.25) is 0 Å². The van der Waals surface area contributed by atoms with E-state index in [-0.39, 0.29) is 11.7 Å². The number of nitrogens with zero attached hydrogens (tertiary/aromatic N) is 6. The molecule has 32 heavy (non-hydrogen) atoms. The molecule has 1 aliphatic heterocycles. The molecule has 0 radical (unpaired) electrons. The van der Waals surface area contributed by atoms with Crippen LogP contribution in [0.4, 0.5) is 0 Å². The van der Waals surface area contributed by atoms with E-state index in [1.54, 1.807) is 4.68 Å². The van der Waals surface area contributed by atoms with E-state index in [1.807, 2.05) is 35.4 Å². The number of benzene rings is 1. The topological polar surface area (TPSA) is 118 Å². The average Bonchev–Trinajstić information content (AvgIpc) is 3.50. The summed E-state index contributed by atoms with van der Waals surface area (Å²) in [5.41, 5.74) is 2.74. The second-order valence-electron chi connectivity index (χ2n) is 7.71. The SMILES string of the molecule is CCn1c(SCC(=O)NCCn2cc(CN3CCC[C@H]3C(=O)O)nn2)nc2ccccc21. The largest absolute Gasteiger partial charge is 0.480 e. The lowest BCUT2D eigenvalue weighted by atomic mass is 10.2. The number of likely N-dealkylation sites (tertiary alicyclic amines) is 1. The molecule has 1 fully saturated rings. The van der Waals surface area contributed by atoms with Crippen molar-refractivity contribution in [3.63, 3.8) is 0 Å². The fourth-order valence-electron chi connectivity index (χ4n) is 3.98. The van der Waals surface area contributed by atoms with Crippen molar-refractivity contribution < 1.29 is 14.7 Å². The number of carboxylic acids is 1. The summed E-state index contributed by atoms with van der Waals surface area (Å²) in [7, 11) is 0. The highest BCUT2D eigenvalue weighted by Gasteiger charge is 2.30. The van der Waals surface area contributed by atoms with Gasteiger partial charge in [0.15, 0.2) is 5.16 Å². The van der Waals surface area contributed by atoms with Crippen LogP contribution in [0.15, 0.2) is 35.6 Å². The van der Waals surface area contributed by atoms with Crippen LogP contribution in [-0.4, -0.2) is 71.3 Å². The zero-order valence-corrected chi connectivity index (χ0v) is 18.8. The standard InChI is InChI=1S/C21H27N7O3S/c1-2-28-17-7-4-3-6-16(17)23-21(28)32-14-19(29)22-9-11-27-13-15(24-25-27)12-26-10-5-8-18(26)20(30)31/h3-4,6-7,13,18H,2,5,8-12,14H2,1H3,(H,22,29)(H,30,31)/t18-/m0/s1. The maximum absolute atomic E-state index is 12.3. The number of carbonyl (C=O) groups excluding carboxylic acids is 1. The maximum atomic E-state index is 12.3. The van der Waals surface area contributed by atoms with Gasteiger partial charge in [0, 0.05) is 25.8 Å². The Labute approximate surface area is 190 Å². The quantitative estimate of drug-likeness (QED) is 0.441. The Hall–Kier alpha value is -2.92. The molecule has 1 atom stereocenters. The summed E-state index contributed by atoms with van der Waals surface area (Å²) < 4.78 is 3.78. The first kappa shape index (κ1) is 22.3. The van der Waals surface area contributed by atoms with Crippen LogP contribution in [0.1, 0.15) is 25.5 Å². The lowest BCUT2D eigenvalue weighted by Gasteiger charge is -2.19. The van der Waals surface area contributed by atoms with Crippen molar-refractivity contribution in [1.29, 1.82) is 0 Å². The Morgan fingerprint density at radius 3 is 2.97 bits per heavy atom. The molecule has 2 aromatic heterocycles. The highest BCUT2D eigenvalue weighted by molar-refractivity contribution is 7.99. The van der Waals surface area contributed by atoms with Gasteiger partial charge in [0.1, 0.15) is 6.04 Å². The number of hydrogen-bond donors (Lipinski definition) is 2. The van der Waals surface area contributed by atoms with E-state index in [1.165, 1.54) is 11.8 Å². The van der Waals surface area contributed by atoms with Crippen molar-refractivity contribution in [2.75, 3.05) is 18.8 Å². The highest BCUT2D eigenvalue weighted by Crippen LogP contribution is 2.23. The van der Waals surface area contributed by atoms with Gasteiger partial charge in [0.25, 0.3) is 0 Å². The second-order valence-corrected chi connectivity index (χ2v) is 8.65. The number of imidazole rings is 1. The van der Waals surface area contributed by atoms with Crippen LogP contribution in [-0.2, 0) is 29.2 Å². The highest BCUT2D eigenvalue weighted by atomic mass is 32.2. The van der Waals surface area contributed by atoms with Crippen molar-refractivity contribution in [2.24, 2.45) is 0 Å². The third-order valence-electron chi connectivity index (χ3n) is 5.53. The van der Waals surface area contributed by atoms with E-state index in [0.29, 0.717) is 26.1 Å². The first-order valence-corrected chi connectivity index (χ1v) is 11.7. The number of amides is 1. The monoisotopic (exact) mass is 457 g/mol. The number of carbonyl (C=O) groups is 2. The summed E-state index contributed by atoms with van der Waals surface area (Å²) in [5, 5.41) is 21.3. The minimum atomic E-state index is -0.787. The molecule has 10 nitrogen and oxygen atoms in total. The van der Waals surface area contributed by atoms with Gasteiger partial charge in [-0.05, 0) is 38.4 Å². The Bertz CT molecular complexity index is 1100. The molecule has 1 saturated heterocycles. The fourth-order valence-corrected chi connectivity index (χ4v) is 4.89. The van der Waals surface area contributed by atoms with Gasteiger partial charge in [-0.15, -0.1) is 5.10 Å². The zero-order chi connectivity index (χ0) is 22.5. The fraction of sp³-hybridized carbons (Fsp3) is 0.476. The summed E-state index contributed by atoms with van der Waals surface area (Å²) in [6.07, 6.45) is 3.35. The number of hydrogen-bond acceptors (Lipinski definition) is 7. The molecule has 1 amide bonds. The molecule has 0 unspecified atom stereocenters. The number of rotatable bonds is 10. The predicted molar refractivity (Wildman–Crippen MR) is 120 cm³/mol. The van der Waals surface area contributed by atoms with Gasteiger partial charge in [-0.2, -0.15) is 0 Å². The number of aryl methyl sites for hydroxylation is 1. The zero-order valence-electron chi connectivity index (χ0n) is 18.0. The first-order chi connectivity index (χ1) is 15.5. The molecule has 4 rings (SSSR count). The van der Waals surface area contributed by atoms with Gasteiger partial charge in [-0.25, -0.2) is 4.98 Å². The predicted octanol–water partition coefficient (Wildman–Crippen LogP) is 1.61. The summed E-state index contributed by atoms with van der Waals surface area (Å²) in [5.74, 6) is -0.561. The molecule has 11 heteroatoms. The van der Waals surface area contributed by atoms with E-state index >= 15 is 0 Å². The molecule has 3 aromatic rings. The Kier molecular flexibility index (Phi) is 7.05. The van der Waals surface area contributed by atoms with Crippen LogP contribution in [0.3, 0.4) is 0 Å². The number of aromatic nitrogens is 5. The normalized spacial score (nSPS) is 16.6. The van der Waals surface area contributed by atoms with Crippen molar-refractivity contribution in [3.05, 3.63) is 36.2 Å². The number of para-hydroxylation sites is 2. The van der Waals surface area contributed by atoms with Crippen LogP contribution in [0.5, 0.6) is 0 Å². The van der Waals surface area contributed by atoms with E-state index < -0.39 is 12.0 Å². The number of nitrogens with one attached hydrogen (secondary N) is 1. The van der Waals surface area contributed by atoms with Crippen LogP contribution < -0.4 is 5.32 Å². The van der Waals surface area contributed by atoms with Crippen molar-refractivity contribution in [2.45, 2.75) is 50.6 Å². The minimum absolute atomic E-state index is 0.0635. The molecule has 0 spiro atoms. The molecular formula is C21H27N7O3S. The molecule has 170 valence electrons. The van der Waals surface area contributed by atoms with E-state index in [4.69, 9.17) is 0 Å². The van der Waals surface area contributed by atoms with Crippen LogP contribution in [0, 0.1) is 0 Å². The summed E-state index contributed by atoms with van der Waals surface area (Å²) in [6, 6.07) is 7.51. The van der Waals surface area contributed by atoms with Crippen LogP contribution in [0.25, 0.3) is 11.0 Å². The molecule has 0 saturated carbocycles. The lowest BCUT2D eigenvalue weighted by molar-refractivity contribution is -0.142. The third kappa shape index (κ3) is 5.10. The molecular weight excluding hydrogens is 430 g/mol. The summed E-state index contributed by atoms with van der Waals surface area (Å²) >= 11 is 1.43. The van der Waals surface area contributed by atoms with E-state index in [0.717, 1.165) is 41.4 Å². The van der Waals surface area contributed by atoms with Crippen molar-refractivity contribution in [3.8, 4) is 0 Å². The van der Waals surface area contributed by atoms with Crippen molar-refractivity contribution in [1.82, 2.24) is 34.8 Å². The van der Waals surface area contributed by atoms with Crippen molar-refractivity contribution >= 4 is 34.7 Å². The molecule has 1 aromatic carbocycles. The molecule has 3 heterocycles. The first-order valence-electron chi connectivity index (χ1n) is 10.8. The van der Waals surface area contributed by atoms with Gasteiger partial charge >= 0.3 is 5.97 Å². The van der Waals surface area contributed by atoms with E-state index in [9.17, 15) is 14.7 Å². The molecule has 0 bridgehead atoms. The molecule has 0 aliphatic carbocycles. The number of thioether (sulfide) groups is 1. The molecule has 2 N–H and O–H groups in total. The van der Waals surface area contributed by atoms with Gasteiger partial charge in [-0.3, -0.25) is 19.2 Å². The van der Waals surface area contributed by atoms with Crippen LogP contribution >= 0.6 is 11.8 Å².